The molecule has 0 aliphatic carbocycles. The highest BCUT2D eigenvalue weighted by Crippen LogP contribution is 2.45. The van der Waals surface area contributed by atoms with Crippen LogP contribution in [-0.4, -0.2) is 0 Å². The molecule has 133 heavy (non-hydrogen) atoms. The Balaban J connectivity index is 0.0000000855. The smallest absolute Gasteiger partial charge is 0.138 e. The molecule has 0 aliphatic heterocycles. The molecule has 0 fully saturated rings. The molecule has 6 nitrogen and oxygen atoms in total. The topological polar surface area (TPSA) is 78.8 Å². The van der Waals surface area contributed by atoms with E-state index < -0.39 is 0 Å². The third-order valence-electron chi connectivity index (χ3n) is 26.4. The maximum atomic E-state index is 13.4. The van der Waals surface area contributed by atoms with E-state index >= 15 is 0 Å². The number of fused-ring (bicyclic) bond motifs is 36. The Morgan fingerprint density at radius 1 is 0.226 bits per heavy atom. The van der Waals surface area contributed by atoms with Crippen LogP contribution in [0.2, 0.25) is 5.02 Å². The average molecular weight is 1910 g/mol. The van der Waals surface area contributed by atoms with Gasteiger partial charge in [-0.3, -0.25) is 0 Å². The van der Waals surface area contributed by atoms with Crippen molar-refractivity contribution in [1.82, 2.24) is 0 Å². The van der Waals surface area contributed by atoms with E-state index in [0.29, 0.717) is 10.6 Å². The third-order valence-corrected chi connectivity index (χ3v) is 27.8. The van der Waals surface area contributed by atoms with Crippen LogP contribution in [0.5, 0.6) is 0 Å². The van der Waals surface area contributed by atoms with Gasteiger partial charge in [0.05, 0.1) is 0 Å². The molecular formula is C123H74BrClFIO6. The van der Waals surface area contributed by atoms with Crippen molar-refractivity contribution >= 4 is 311 Å². The van der Waals surface area contributed by atoms with Gasteiger partial charge in [-0.05, 0) is 358 Å². The number of hydrogen-bond acceptors (Lipinski definition) is 6. The Bertz CT molecular complexity index is 8980. The van der Waals surface area contributed by atoms with Crippen LogP contribution in [0.15, 0.2) is 431 Å². The minimum Gasteiger partial charge on any atom is -0.456 e. The molecular weight excluding hydrogens is 1830 g/mol. The highest BCUT2D eigenvalue weighted by molar-refractivity contribution is 14.1. The summed E-state index contributed by atoms with van der Waals surface area (Å²) < 4.78 is 51.7. The van der Waals surface area contributed by atoms with E-state index in [1.165, 1.54) is 194 Å². The lowest BCUT2D eigenvalue weighted by Gasteiger charge is -2.03. The second-order valence-electron chi connectivity index (χ2n) is 34.5. The summed E-state index contributed by atoms with van der Waals surface area (Å²) >= 11 is 11.9. The van der Waals surface area contributed by atoms with E-state index in [1.54, 1.807) is 6.07 Å². The van der Waals surface area contributed by atoms with Gasteiger partial charge in [0.1, 0.15) is 72.8 Å². The molecule has 6 heterocycles. The fourth-order valence-electron chi connectivity index (χ4n) is 20.0. The molecule has 6 aromatic heterocycles. The Hall–Kier alpha value is -15.4. The fourth-order valence-corrected chi connectivity index (χ4v) is 21.0. The lowest BCUT2D eigenvalue weighted by molar-refractivity contribution is 0.618. The second-order valence-corrected chi connectivity index (χ2v) is 37.1. The van der Waals surface area contributed by atoms with Gasteiger partial charge in [-0.1, -0.05) is 241 Å². The highest BCUT2D eigenvalue weighted by atomic mass is 127. The summed E-state index contributed by atoms with van der Waals surface area (Å²) in [5.41, 5.74) is 13.3. The van der Waals surface area contributed by atoms with Gasteiger partial charge in [-0.15, -0.1) is 0 Å². The summed E-state index contributed by atoms with van der Waals surface area (Å²) in [7, 11) is 0. The van der Waals surface area contributed by atoms with Crippen molar-refractivity contribution in [3.63, 3.8) is 0 Å². The Labute approximate surface area is 786 Å². The van der Waals surface area contributed by atoms with E-state index in [1.807, 2.05) is 48.5 Å². The number of benzene rings is 24. The molecule has 30 rings (SSSR count). The predicted molar refractivity (Wildman–Crippen MR) is 572 cm³/mol. The molecule has 0 radical (unpaired) electrons. The molecule has 0 unspecified atom stereocenters. The van der Waals surface area contributed by atoms with Crippen molar-refractivity contribution in [1.29, 1.82) is 0 Å². The van der Waals surface area contributed by atoms with Gasteiger partial charge >= 0.3 is 0 Å². The second kappa shape index (κ2) is 32.3. The lowest BCUT2D eigenvalue weighted by Crippen LogP contribution is -1.79. The minimum absolute atomic E-state index is 0.277. The van der Waals surface area contributed by atoms with Gasteiger partial charge in [-0.25, -0.2) is 4.39 Å². The fraction of sp³-hybridized carbons (Fsp3) is 0.0244. The standard InChI is InChI=1S/C22H16O.C21H14O.C20H11BrO.C20H11ClO.C20H11FO.C20H11IO/c1-2-14-7-9-18-21(11-14)23-20-10-8-17-12-15-5-3-4-6-16(15)13-19(17)22(18)20;1-13-6-8-17-20(10-13)22-19-9-7-16-11-14-4-2-3-5-15(14)12-18(16)21(17)19;4*21-15-6-7-16-19(11-15)22-18-8-5-14-9-12-3-1-2-4-13(12)10-17(14)20(16)18/h3-13H,2H2,1H3;2-12H,1H3;4*1-11H. The zero-order valence-corrected chi connectivity index (χ0v) is 76.3. The number of furan rings is 6. The molecule has 10 heteroatoms. The first-order valence-corrected chi connectivity index (χ1v) is 46.8. The largest absolute Gasteiger partial charge is 0.456 e. The van der Waals surface area contributed by atoms with Gasteiger partial charge in [0.15, 0.2) is 0 Å². The van der Waals surface area contributed by atoms with Crippen LogP contribution in [0.3, 0.4) is 0 Å². The third kappa shape index (κ3) is 14.2. The van der Waals surface area contributed by atoms with Crippen molar-refractivity contribution in [2.45, 2.75) is 20.3 Å². The summed E-state index contributed by atoms with van der Waals surface area (Å²) in [4.78, 5) is 0. The van der Waals surface area contributed by atoms with Crippen LogP contribution < -0.4 is 0 Å². The molecule has 0 N–H and O–H groups in total. The summed E-state index contributed by atoms with van der Waals surface area (Å²) in [6, 6.07) is 139. The van der Waals surface area contributed by atoms with E-state index in [0.717, 1.165) is 99.2 Å². The average Bonchev–Trinajstić information content (AvgIpc) is 1.64. The maximum absolute atomic E-state index is 13.4. The van der Waals surface area contributed by atoms with Crippen LogP contribution in [0.25, 0.3) is 261 Å². The number of aryl methyl sites for hydroxylation is 2. The number of rotatable bonds is 1. The molecule has 0 bridgehead atoms. The first-order chi connectivity index (χ1) is 65.3. The quantitative estimate of drug-likeness (QED) is 0.120. The SMILES string of the molecule is Brc1ccc2c(c1)oc1ccc3cc4ccccc4cc3c12.CCc1ccc2c(c1)oc1ccc3cc4ccccc4cc3c12.Cc1ccc2c(c1)oc1ccc3cc4ccccc4cc3c12.Clc1ccc2c(c1)oc1ccc3cc4ccccc4cc3c12.Fc1ccc2c(c1)oc1ccc3cc4ccccc4cc3c12.Ic1ccc2c(c1)oc1ccc3cc4ccccc4cc3c12. The molecule has 0 aliphatic rings. The van der Waals surface area contributed by atoms with Crippen LogP contribution in [0.4, 0.5) is 4.39 Å². The summed E-state index contributed by atoms with van der Waals surface area (Å²) in [5, 5.41) is 44.5. The molecule has 0 atom stereocenters. The van der Waals surface area contributed by atoms with Crippen molar-refractivity contribution in [2.75, 3.05) is 0 Å². The summed E-state index contributed by atoms with van der Waals surface area (Å²) in [6.45, 7) is 4.27. The van der Waals surface area contributed by atoms with Gasteiger partial charge < -0.3 is 26.5 Å². The normalized spacial score (nSPS) is 11.9. The molecule has 0 saturated carbocycles. The highest BCUT2D eigenvalue weighted by Gasteiger charge is 2.20. The zero-order chi connectivity index (χ0) is 88.8. The minimum atomic E-state index is -0.277. The molecule has 30 aromatic rings. The van der Waals surface area contributed by atoms with Crippen molar-refractivity contribution in [3.8, 4) is 0 Å². The van der Waals surface area contributed by atoms with E-state index in [9.17, 15) is 4.39 Å². The van der Waals surface area contributed by atoms with Crippen molar-refractivity contribution < 1.29 is 30.9 Å². The van der Waals surface area contributed by atoms with Gasteiger partial charge in [0.25, 0.3) is 0 Å². The van der Waals surface area contributed by atoms with Gasteiger partial charge in [0.2, 0.25) is 0 Å². The number of hydrogen-bond donors (Lipinski definition) is 0. The maximum Gasteiger partial charge on any atom is 0.138 e. The van der Waals surface area contributed by atoms with Crippen molar-refractivity contribution in [2.24, 2.45) is 0 Å². The molecule has 630 valence electrons. The van der Waals surface area contributed by atoms with Gasteiger partial charge in [-0.2, -0.15) is 0 Å². The van der Waals surface area contributed by atoms with Crippen molar-refractivity contribution in [3.05, 3.63) is 430 Å². The lowest BCUT2D eigenvalue weighted by atomic mass is 9.99. The Morgan fingerprint density at radius 2 is 0.481 bits per heavy atom. The molecule has 0 saturated heterocycles. The summed E-state index contributed by atoms with van der Waals surface area (Å²) in [6.07, 6.45) is 1.03. The Morgan fingerprint density at radius 3 is 0.812 bits per heavy atom. The van der Waals surface area contributed by atoms with E-state index in [4.69, 9.17) is 38.1 Å². The molecule has 24 aromatic carbocycles. The Kier molecular flexibility index (Phi) is 19.4. The molecule has 0 spiro atoms. The monoisotopic (exact) mass is 1910 g/mol. The van der Waals surface area contributed by atoms with E-state index in [2.05, 4.69) is 386 Å². The predicted octanol–water partition coefficient (Wildman–Crippen LogP) is 38.4. The summed E-state index contributed by atoms with van der Waals surface area (Å²) in [5.74, 6) is -0.277. The van der Waals surface area contributed by atoms with Crippen LogP contribution >= 0.6 is 50.1 Å². The van der Waals surface area contributed by atoms with E-state index in [-0.39, 0.29) is 5.82 Å². The first kappa shape index (κ1) is 79.8. The van der Waals surface area contributed by atoms with Crippen LogP contribution in [-0.2, 0) is 6.42 Å². The van der Waals surface area contributed by atoms with Crippen LogP contribution in [0, 0.1) is 16.3 Å². The van der Waals surface area contributed by atoms with Gasteiger partial charge in [0, 0.05) is 89.8 Å². The van der Waals surface area contributed by atoms with Crippen LogP contribution in [0.1, 0.15) is 18.1 Å². The zero-order valence-electron chi connectivity index (χ0n) is 71.8. The number of halogens is 4. The first-order valence-electron chi connectivity index (χ1n) is 44.6. The molecule has 0 amide bonds.